The van der Waals surface area contributed by atoms with Gasteiger partial charge in [-0.05, 0) is 34.5 Å². The summed E-state index contributed by atoms with van der Waals surface area (Å²) in [6.45, 7) is 0.353. The van der Waals surface area contributed by atoms with Crippen LogP contribution in [-0.4, -0.2) is 18.2 Å². The summed E-state index contributed by atoms with van der Waals surface area (Å²) in [5, 5.41) is 13.1. The van der Waals surface area contributed by atoms with Crippen LogP contribution < -0.4 is 9.47 Å². The van der Waals surface area contributed by atoms with E-state index in [1.54, 1.807) is 11.3 Å². The number of carboxylic acid groups (broad SMARTS) is 1. The number of carbonyl (C=O) groups is 1. The number of hydrogen-bond donors (Lipinski definition) is 1. The Bertz CT molecular complexity index is 581. The van der Waals surface area contributed by atoms with Gasteiger partial charge in [-0.25, -0.2) is 4.79 Å². The first-order chi connectivity index (χ1) is 9.11. The Morgan fingerprint density at radius 1 is 1.47 bits per heavy atom. The van der Waals surface area contributed by atoms with Gasteiger partial charge in [-0.3, -0.25) is 0 Å². The third-order valence-corrected chi connectivity index (χ3v) is 3.45. The molecule has 4 nitrogen and oxygen atoms in total. The topological polar surface area (TPSA) is 55.8 Å². The molecule has 1 N–H and O–H groups in total. The maximum atomic E-state index is 10.9. The van der Waals surface area contributed by atoms with Gasteiger partial charge in [0, 0.05) is 0 Å². The fourth-order valence-corrected chi connectivity index (χ4v) is 2.43. The van der Waals surface area contributed by atoms with Crippen LogP contribution in [0, 0.1) is 0 Å². The molecule has 0 aliphatic heterocycles. The van der Waals surface area contributed by atoms with Crippen molar-refractivity contribution in [1.29, 1.82) is 0 Å². The smallest absolute Gasteiger partial charge is 0.335 e. The highest BCUT2D eigenvalue weighted by Crippen LogP contribution is 2.37. The van der Waals surface area contributed by atoms with Crippen molar-refractivity contribution in [2.75, 3.05) is 7.11 Å². The molecule has 0 spiro atoms. The predicted molar refractivity (Wildman–Crippen MR) is 73.6 cm³/mol. The van der Waals surface area contributed by atoms with E-state index in [0.29, 0.717) is 18.1 Å². The third-order valence-electron chi connectivity index (χ3n) is 2.44. The molecule has 0 amide bonds. The van der Waals surface area contributed by atoms with Gasteiger partial charge in [0.25, 0.3) is 0 Å². The van der Waals surface area contributed by atoms with E-state index in [9.17, 15) is 4.79 Å². The number of methoxy groups -OCH3 is 1. The average molecular weight is 299 g/mol. The number of aromatic carboxylic acids is 1. The summed E-state index contributed by atoms with van der Waals surface area (Å²) < 4.78 is 10.7. The quantitative estimate of drug-likeness (QED) is 0.914. The standard InChI is InChI=1S/C13H11ClO4S/c1-17-11-5-9(13(15)16)4-10(14)12(11)18-6-8-2-3-19-7-8/h2-5,7H,6H2,1H3,(H,15,16). The number of hydrogen-bond acceptors (Lipinski definition) is 4. The Balaban J connectivity index is 2.26. The van der Waals surface area contributed by atoms with E-state index in [0.717, 1.165) is 5.56 Å². The molecule has 6 heteroatoms. The molecule has 0 aliphatic carbocycles. The zero-order valence-electron chi connectivity index (χ0n) is 10.1. The lowest BCUT2D eigenvalue weighted by Gasteiger charge is -2.12. The number of halogens is 1. The van der Waals surface area contributed by atoms with Gasteiger partial charge in [0.05, 0.1) is 17.7 Å². The van der Waals surface area contributed by atoms with Crippen LogP contribution in [0.2, 0.25) is 5.02 Å². The summed E-state index contributed by atoms with van der Waals surface area (Å²) in [6.07, 6.45) is 0. The predicted octanol–water partition coefficient (Wildman–Crippen LogP) is 3.69. The Kier molecular flexibility index (Phi) is 4.29. The van der Waals surface area contributed by atoms with E-state index in [-0.39, 0.29) is 10.6 Å². The molecule has 100 valence electrons. The van der Waals surface area contributed by atoms with Gasteiger partial charge < -0.3 is 14.6 Å². The first-order valence-corrected chi connectivity index (χ1v) is 6.68. The number of ether oxygens (including phenoxy) is 2. The number of carboxylic acids is 1. The molecule has 0 saturated carbocycles. The van der Waals surface area contributed by atoms with Crippen LogP contribution in [0.4, 0.5) is 0 Å². The highest BCUT2D eigenvalue weighted by atomic mass is 35.5. The van der Waals surface area contributed by atoms with Crippen molar-refractivity contribution < 1.29 is 19.4 Å². The molecule has 0 fully saturated rings. The van der Waals surface area contributed by atoms with Crippen molar-refractivity contribution in [3.63, 3.8) is 0 Å². The molecular formula is C13H11ClO4S. The largest absolute Gasteiger partial charge is 0.493 e. The Morgan fingerprint density at radius 2 is 2.26 bits per heavy atom. The van der Waals surface area contributed by atoms with Crippen LogP contribution in [0.15, 0.2) is 29.0 Å². The van der Waals surface area contributed by atoms with Gasteiger partial charge in [-0.15, -0.1) is 0 Å². The van der Waals surface area contributed by atoms with E-state index in [4.69, 9.17) is 26.2 Å². The van der Waals surface area contributed by atoms with Gasteiger partial charge >= 0.3 is 5.97 Å². The zero-order chi connectivity index (χ0) is 13.8. The van der Waals surface area contributed by atoms with Crippen molar-refractivity contribution in [3.05, 3.63) is 45.1 Å². The zero-order valence-corrected chi connectivity index (χ0v) is 11.6. The SMILES string of the molecule is COc1cc(C(=O)O)cc(Cl)c1OCc1ccsc1. The summed E-state index contributed by atoms with van der Waals surface area (Å²) in [4.78, 5) is 10.9. The van der Waals surface area contributed by atoms with E-state index in [2.05, 4.69) is 0 Å². The van der Waals surface area contributed by atoms with Crippen molar-refractivity contribution in [1.82, 2.24) is 0 Å². The summed E-state index contributed by atoms with van der Waals surface area (Å²) in [5.74, 6) is -0.412. The second-order valence-corrected chi connectivity index (χ2v) is 4.90. The molecule has 0 unspecified atom stereocenters. The maximum absolute atomic E-state index is 10.9. The van der Waals surface area contributed by atoms with E-state index in [1.165, 1.54) is 19.2 Å². The van der Waals surface area contributed by atoms with Gasteiger partial charge in [0.1, 0.15) is 6.61 Å². The second-order valence-electron chi connectivity index (χ2n) is 3.71. The third kappa shape index (κ3) is 3.19. The average Bonchev–Trinajstić information content (AvgIpc) is 2.89. The minimum Gasteiger partial charge on any atom is -0.493 e. The van der Waals surface area contributed by atoms with Gasteiger partial charge in [0.15, 0.2) is 11.5 Å². The molecule has 0 radical (unpaired) electrons. The van der Waals surface area contributed by atoms with Crippen molar-refractivity contribution >= 4 is 28.9 Å². The Morgan fingerprint density at radius 3 is 2.84 bits per heavy atom. The molecule has 0 atom stereocenters. The van der Waals surface area contributed by atoms with Crippen molar-refractivity contribution in [2.45, 2.75) is 6.61 Å². The molecule has 1 aromatic heterocycles. The van der Waals surface area contributed by atoms with Crippen LogP contribution in [0.3, 0.4) is 0 Å². The summed E-state index contributed by atoms with van der Waals surface area (Å²) in [7, 11) is 1.44. The van der Waals surface area contributed by atoms with E-state index >= 15 is 0 Å². The molecule has 0 aliphatic rings. The molecular weight excluding hydrogens is 288 g/mol. The minimum atomic E-state index is -1.07. The fraction of sp³-hybridized carbons (Fsp3) is 0.154. The first kappa shape index (κ1) is 13.7. The molecule has 0 saturated heterocycles. The van der Waals surface area contributed by atoms with Crippen LogP contribution in [0.5, 0.6) is 11.5 Å². The molecule has 1 heterocycles. The van der Waals surface area contributed by atoms with Crippen LogP contribution in [-0.2, 0) is 6.61 Å². The fourth-order valence-electron chi connectivity index (χ4n) is 1.51. The number of benzene rings is 1. The number of thiophene rings is 1. The van der Waals surface area contributed by atoms with Gasteiger partial charge in [0.2, 0.25) is 0 Å². The summed E-state index contributed by atoms with van der Waals surface area (Å²) in [6, 6.07) is 4.67. The normalized spacial score (nSPS) is 10.2. The van der Waals surface area contributed by atoms with Gasteiger partial charge in [-0.1, -0.05) is 11.6 Å². The lowest BCUT2D eigenvalue weighted by molar-refractivity contribution is 0.0696. The Labute approximate surface area is 119 Å². The molecule has 19 heavy (non-hydrogen) atoms. The van der Waals surface area contributed by atoms with Gasteiger partial charge in [-0.2, -0.15) is 11.3 Å². The Hall–Kier alpha value is -1.72. The molecule has 2 aromatic rings. The highest BCUT2D eigenvalue weighted by molar-refractivity contribution is 7.07. The summed E-state index contributed by atoms with van der Waals surface area (Å²) in [5.41, 5.74) is 1.08. The first-order valence-electron chi connectivity index (χ1n) is 5.36. The maximum Gasteiger partial charge on any atom is 0.335 e. The lowest BCUT2D eigenvalue weighted by atomic mass is 10.2. The molecule has 0 bridgehead atoms. The minimum absolute atomic E-state index is 0.0599. The van der Waals surface area contributed by atoms with Crippen molar-refractivity contribution in [3.8, 4) is 11.5 Å². The highest BCUT2D eigenvalue weighted by Gasteiger charge is 2.15. The van der Waals surface area contributed by atoms with Crippen molar-refractivity contribution in [2.24, 2.45) is 0 Å². The monoisotopic (exact) mass is 298 g/mol. The summed E-state index contributed by atoms with van der Waals surface area (Å²) >= 11 is 7.61. The molecule has 1 aromatic carbocycles. The van der Waals surface area contributed by atoms with E-state index < -0.39 is 5.97 Å². The number of rotatable bonds is 5. The lowest BCUT2D eigenvalue weighted by Crippen LogP contribution is -2.01. The van der Waals surface area contributed by atoms with E-state index in [1.807, 2.05) is 16.8 Å². The second kappa shape index (κ2) is 5.95. The molecule has 2 rings (SSSR count). The van der Waals surface area contributed by atoms with Crippen LogP contribution in [0.1, 0.15) is 15.9 Å². The van der Waals surface area contributed by atoms with Crippen LogP contribution in [0.25, 0.3) is 0 Å². The van der Waals surface area contributed by atoms with Crippen LogP contribution >= 0.6 is 22.9 Å².